The van der Waals surface area contributed by atoms with Gasteiger partial charge in [-0.3, -0.25) is 0 Å². The maximum Gasteiger partial charge on any atom is 0.339 e. The van der Waals surface area contributed by atoms with Crippen molar-refractivity contribution in [1.29, 1.82) is 0 Å². The van der Waals surface area contributed by atoms with Gasteiger partial charge in [-0.2, -0.15) is 8.42 Å². The van der Waals surface area contributed by atoms with Crippen LogP contribution >= 0.6 is 0 Å². The van der Waals surface area contributed by atoms with Gasteiger partial charge in [0, 0.05) is 5.39 Å². The first-order chi connectivity index (χ1) is 10.6. The molecule has 0 saturated carbocycles. The third-order valence-corrected chi connectivity index (χ3v) is 4.80. The van der Waals surface area contributed by atoms with Crippen LogP contribution in [0.1, 0.15) is 12.5 Å². The molecule has 3 aromatic rings. The molecule has 0 fully saturated rings. The lowest BCUT2D eigenvalue weighted by Gasteiger charge is -2.13. The number of fused-ring (bicyclic) bond motifs is 1. The lowest BCUT2D eigenvalue weighted by Crippen LogP contribution is -2.11. The zero-order valence-electron chi connectivity index (χ0n) is 12.2. The van der Waals surface area contributed by atoms with Gasteiger partial charge in [0.2, 0.25) is 0 Å². The molecule has 0 unspecified atom stereocenters. The van der Waals surface area contributed by atoms with E-state index in [4.69, 9.17) is 4.18 Å². The average molecular weight is 312 g/mol. The highest BCUT2D eigenvalue weighted by atomic mass is 32.2. The molecule has 112 valence electrons. The van der Waals surface area contributed by atoms with E-state index in [1.54, 1.807) is 18.2 Å². The Balaban J connectivity index is 2.14. The molecule has 0 radical (unpaired) electrons. The van der Waals surface area contributed by atoms with E-state index in [0.717, 1.165) is 16.3 Å². The number of hydrogen-bond acceptors (Lipinski definition) is 3. The normalized spacial score (nSPS) is 11.5. The molecule has 3 nitrogen and oxygen atoms in total. The third kappa shape index (κ3) is 2.70. The molecular weight excluding hydrogens is 296 g/mol. The zero-order valence-corrected chi connectivity index (χ0v) is 13.0. The van der Waals surface area contributed by atoms with Crippen LogP contribution in [0.2, 0.25) is 0 Å². The summed E-state index contributed by atoms with van der Waals surface area (Å²) in [6.07, 6.45) is 0.699. The van der Waals surface area contributed by atoms with Crippen molar-refractivity contribution >= 4 is 20.9 Å². The molecule has 0 aliphatic heterocycles. The molecule has 0 N–H and O–H groups in total. The van der Waals surface area contributed by atoms with Crippen LogP contribution in [0.4, 0.5) is 0 Å². The van der Waals surface area contributed by atoms with Crippen LogP contribution in [0.25, 0.3) is 10.8 Å². The number of aryl methyl sites for hydroxylation is 1. The topological polar surface area (TPSA) is 43.4 Å². The summed E-state index contributed by atoms with van der Waals surface area (Å²) < 4.78 is 30.5. The molecule has 0 saturated heterocycles. The molecule has 22 heavy (non-hydrogen) atoms. The van der Waals surface area contributed by atoms with Crippen LogP contribution in [0.15, 0.2) is 71.6 Å². The first-order valence-corrected chi connectivity index (χ1v) is 8.53. The largest absolute Gasteiger partial charge is 0.378 e. The summed E-state index contributed by atoms with van der Waals surface area (Å²) in [5.41, 5.74) is 0.873. The second-order valence-electron chi connectivity index (χ2n) is 4.98. The first kappa shape index (κ1) is 14.6. The van der Waals surface area contributed by atoms with Crippen molar-refractivity contribution in [2.45, 2.75) is 18.2 Å². The summed E-state index contributed by atoms with van der Waals surface area (Å²) >= 11 is 0. The van der Waals surface area contributed by atoms with Crippen molar-refractivity contribution in [2.75, 3.05) is 0 Å². The maximum atomic E-state index is 12.5. The molecule has 3 aromatic carbocycles. The molecule has 3 rings (SSSR count). The summed E-state index contributed by atoms with van der Waals surface area (Å²) in [7, 11) is -3.84. The fourth-order valence-corrected chi connectivity index (χ4v) is 3.41. The van der Waals surface area contributed by atoms with Gasteiger partial charge < -0.3 is 4.18 Å². The van der Waals surface area contributed by atoms with E-state index < -0.39 is 10.1 Å². The van der Waals surface area contributed by atoms with Gasteiger partial charge in [-0.05, 0) is 29.5 Å². The fourth-order valence-electron chi connectivity index (χ4n) is 2.41. The van der Waals surface area contributed by atoms with Crippen molar-refractivity contribution in [1.82, 2.24) is 0 Å². The number of hydrogen-bond donors (Lipinski definition) is 0. The molecule has 0 spiro atoms. The minimum absolute atomic E-state index is 0.157. The van der Waals surface area contributed by atoms with E-state index in [1.807, 2.05) is 43.3 Å². The Morgan fingerprint density at radius 3 is 2.27 bits per heavy atom. The van der Waals surface area contributed by atoms with Crippen molar-refractivity contribution in [3.05, 3.63) is 72.3 Å². The summed E-state index contributed by atoms with van der Waals surface area (Å²) in [5, 5.41) is 1.76. The SMILES string of the molecule is CCc1ccc2ccccc2c1OS(=O)(=O)c1ccccc1. The number of rotatable bonds is 4. The Labute approximate surface area is 130 Å². The molecule has 0 atom stereocenters. The van der Waals surface area contributed by atoms with Gasteiger partial charge in [0.1, 0.15) is 4.90 Å². The minimum atomic E-state index is -3.84. The van der Waals surface area contributed by atoms with E-state index >= 15 is 0 Å². The lowest BCUT2D eigenvalue weighted by atomic mass is 10.0. The van der Waals surface area contributed by atoms with Crippen LogP contribution in [-0.2, 0) is 16.5 Å². The predicted molar refractivity (Wildman–Crippen MR) is 87.6 cm³/mol. The standard InChI is InChI=1S/C18H16O3S/c1-2-14-12-13-15-8-6-7-11-17(15)18(14)21-22(19,20)16-9-4-3-5-10-16/h3-13H,2H2,1H3. The van der Waals surface area contributed by atoms with Gasteiger partial charge in [-0.15, -0.1) is 0 Å². The maximum absolute atomic E-state index is 12.5. The molecule has 0 bridgehead atoms. The average Bonchev–Trinajstić information content (AvgIpc) is 2.56. The quantitative estimate of drug-likeness (QED) is 0.679. The molecule has 4 heteroatoms. The minimum Gasteiger partial charge on any atom is -0.378 e. The zero-order chi connectivity index (χ0) is 15.6. The van der Waals surface area contributed by atoms with Gasteiger partial charge in [0.05, 0.1) is 0 Å². The van der Waals surface area contributed by atoms with Crippen LogP contribution < -0.4 is 4.18 Å². The monoisotopic (exact) mass is 312 g/mol. The molecule has 0 aliphatic rings. The van der Waals surface area contributed by atoms with Crippen molar-refractivity contribution < 1.29 is 12.6 Å². The molecular formula is C18H16O3S. The van der Waals surface area contributed by atoms with Gasteiger partial charge in [0.15, 0.2) is 5.75 Å². The third-order valence-electron chi connectivity index (χ3n) is 3.57. The second-order valence-corrected chi connectivity index (χ2v) is 6.53. The highest BCUT2D eigenvalue weighted by molar-refractivity contribution is 7.87. The summed E-state index contributed by atoms with van der Waals surface area (Å²) in [4.78, 5) is 0.157. The van der Waals surface area contributed by atoms with Crippen LogP contribution in [0, 0.1) is 0 Å². The predicted octanol–water partition coefficient (Wildman–Crippen LogP) is 4.17. The Morgan fingerprint density at radius 1 is 0.864 bits per heavy atom. The Kier molecular flexibility index (Phi) is 3.86. The van der Waals surface area contributed by atoms with Gasteiger partial charge in [-0.25, -0.2) is 0 Å². The van der Waals surface area contributed by atoms with Crippen molar-refractivity contribution in [3.8, 4) is 5.75 Å². The first-order valence-electron chi connectivity index (χ1n) is 7.12. The van der Waals surface area contributed by atoms with E-state index in [2.05, 4.69) is 0 Å². The Bertz CT molecular complexity index is 900. The summed E-state index contributed by atoms with van der Waals surface area (Å²) in [5.74, 6) is 0.421. The molecule has 0 aromatic heterocycles. The van der Waals surface area contributed by atoms with Crippen molar-refractivity contribution in [2.24, 2.45) is 0 Å². The molecule has 0 aliphatic carbocycles. The van der Waals surface area contributed by atoms with E-state index in [0.29, 0.717) is 12.2 Å². The van der Waals surface area contributed by atoms with Crippen LogP contribution in [-0.4, -0.2) is 8.42 Å². The van der Waals surface area contributed by atoms with E-state index in [1.165, 1.54) is 12.1 Å². The van der Waals surface area contributed by atoms with Crippen LogP contribution in [0.5, 0.6) is 5.75 Å². The Hall–Kier alpha value is -2.33. The summed E-state index contributed by atoms with van der Waals surface area (Å²) in [6.45, 7) is 1.98. The molecule has 0 heterocycles. The number of benzene rings is 3. The van der Waals surface area contributed by atoms with Gasteiger partial charge in [-0.1, -0.05) is 61.5 Å². The van der Waals surface area contributed by atoms with Gasteiger partial charge in [0.25, 0.3) is 0 Å². The lowest BCUT2D eigenvalue weighted by molar-refractivity contribution is 0.486. The van der Waals surface area contributed by atoms with E-state index in [-0.39, 0.29) is 4.90 Å². The van der Waals surface area contributed by atoms with Gasteiger partial charge >= 0.3 is 10.1 Å². The second kappa shape index (κ2) is 5.81. The summed E-state index contributed by atoms with van der Waals surface area (Å²) in [6, 6.07) is 19.7. The van der Waals surface area contributed by atoms with Crippen LogP contribution in [0.3, 0.4) is 0 Å². The Morgan fingerprint density at radius 2 is 1.55 bits per heavy atom. The highest BCUT2D eigenvalue weighted by Crippen LogP contribution is 2.32. The highest BCUT2D eigenvalue weighted by Gasteiger charge is 2.19. The molecule has 0 amide bonds. The van der Waals surface area contributed by atoms with Crippen molar-refractivity contribution in [3.63, 3.8) is 0 Å². The van der Waals surface area contributed by atoms with E-state index in [9.17, 15) is 8.42 Å². The smallest absolute Gasteiger partial charge is 0.339 e. The fraction of sp³-hybridized carbons (Fsp3) is 0.111.